The molecule has 1 saturated heterocycles. The van der Waals surface area contributed by atoms with Gasteiger partial charge in [0.1, 0.15) is 11.4 Å². The average molecular weight is 470 g/mol. The predicted molar refractivity (Wildman–Crippen MR) is 128 cm³/mol. The third-order valence-electron chi connectivity index (χ3n) is 7.57. The molecule has 7 nitrogen and oxygen atoms in total. The fraction of sp³-hybridized carbons (Fsp3) is 0.480. The van der Waals surface area contributed by atoms with Gasteiger partial charge in [0.05, 0.1) is 6.26 Å². The first-order valence-corrected chi connectivity index (χ1v) is 13.5. The number of hydrogen-bond acceptors (Lipinski definition) is 5. The largest absolute Gasteiger partial charge is 0.487 e. The summed E-state index contributed by atoms with van der Waals surface area (Å²) in [6.45, 7) is 1.87. The highest BCUT2D eigenvalue weighted by Crippen LogP contribution is 2.48. The number of sulfonamides is 1. The van der Waals surface area contributed by atoms with Gasteiger partial charge in [-0.3, -0.25) is 9.52 Å². The van der Waals surface area contributed by atoms with Gasteiger partial charge < -0.3 is 15.8 Å². The third kappa shape index (κ3) is 4.46. The maximum absolute atomic E-state index is 11.7. The van der Waals surface area contributed by atoms with Gasteiger partial charge in [0.15, 0.2) is 0 Å². The van der Waals surface area contributed by atoms with Gasteiger partial charge in [-0.2, -0.15) is 0 Å². The van der Waals surface area contributed by atoms with E-state index in [4.69, 9.17) is 10.5 Å². The Morgan fingerprint density at radius 3 is 2.61 bits per heavy atom. The highest BCUT2D eigenvalue weighted by Gasteiger charge is 2.49. The van der Waals surface area contributed by atoms with Gasteiger partial charge in [0.2, 0.25) is 15.9 Å². The number of carbonyl (C=O) groups is 1. The summed E-state index contributed by atoms with van der Waals surface area (Å²) in [4.78, 5) is 11.6. The van der Waals surface area contributed by atoms with Crippen LogP contribution < -0.4 is 20.5 Å². The molecule has 0 bridgehead atoms. The Hall–Kier alpha value is -2.58. The van der Waals surface area contributed by atoms with Gasteiger partial charge >= 0.3 is 0 Å². The minimum atomic E-state index is -3.34. The summed E-state index contributed by atoms with van der Waals surface area (Å²) < 4.78 is 32.8. The maximum atomic E-state index is 11.7. The van der Waals surface area contributed by atoms with Crippen molar-refractivity contribution in [1.82, 2.24) is 5.32 Å². The molecule has 176 valence electrons. The van der Waals surface area contributed by atoms with E-state index in [1.54, 1.807) is 6.07 Å². The molecule has 5 rings (SSSR count). The van der Waals surface area contributed by atoms with Crippen LogP contribution in [-0.2, 0) is 29.3 Å². The van der Waals surface area contributed by atoms with E-state index in [0.29, 0.717) is 23.1 Å². The minimum absolute atomic E-state index is 0.209. The van der Waals surface area contributed by atoms with E-state index in [0.717, 1.165) is 62.9 Å². The van der Waals surface area contributed by atoms with E-state index >= 15 is 0 Å². The van der Waals surface area contributed by atoms with Gasteiger partial charge in [0.25, 0.3) is 0 Å². The zero-order valence-electron chi connectivity index (χ0n) is 18.9. The van der Waals surface area contributed by atoms with Crippen LogP contribution in [0.4, 0.5) is 5.69 Å². The van der Waals surface area contributed by atoms with Gasteiger partial charge in [-0.15, -0.1) is 0 Å². The normalized spacial score (nSPS) is 23.8. The monoisotopic (exact) mass is 469 g/mol. The van der Waals surface area contributed by atoms with Gasteiger partial charge in [-0.25, -0.2) is 8.42 Å². The Labute approximate surface area is 195 Å². The van der Waals surface area contributed by atoms with Crippen molar-refractivity contribution in [3.8, 4) is 5.75 Å². The van der Waals surface area contributed by atoms with E-state index in [9.17, 15) is 13.2 Å². The highest BCUT2D eigenvalue weighted by molar-refractivity contribution is 7.92. The number of anilines is 1. The van der Waals surface area contributed by atoms with Crippen molar-refractivity contribution in [2.45, 2.75) is 44.1 Å². The van der Waals surface area contributed by atoms with Crippen LogP contribution >= 0.6 is 0 Å². The zero-order valence-corrected chi connectivity index (χ0v) is 19.7. The molecular weight excluding hydrogens is 438 g/mol. The first kappa shape index (κ1) is 22.2. The number of hydrogen-bond donors (Lipinski definition) is 3. The van der Waals surface area contributed by atoms with Crippen molar-refractivity contribution < 1.29 is 17.9 Å². The van der Waals surface area contributed by atoms with Crippen LogP contribution in [0.2, 0.25) is 0 Å². The molecular formula is C25H31N3O4S. The number of fused-ring (bicyclic) bond motifs is 2. The molecule has 1 spiro atoms. The van der Waals surface area contributed by atoms with Crippen molar-refractivity contribution in [2.75, 3.05) is 24.1 Å². The molecule has 1 aliphatic carbocycles. The summed E-state index contributed by atoms with van der Waals surface area (Å²) in [7, 11) is -3.34. The van der Waals surface area contributed by atoms with E-state index < -0.39 is 10.0 Å². The number of carbonyl (C=O) groups excluding carboxylic acids is 1. The second-order valence-electron chi connectivity index (χ2n) is 9.77. The molecule has 1 fully saturated rings. The summed E-state index contributed by atoms with van der Waals surface area (Å²) in [6, 6.07) is 11.5. The Bertz CT molecular complexity index is 1190. The summed E-state index contributed by atoms with van der Waals surface area (Å²) >= 11 is 0. The molecule has 8 heteroatoms. The molecule has 33 heavy (non-hydrogen) atoms. The van der Waals surface area contributed by atoms with Crippen LogP contribution in [-0.4, -0.2) is 39.3 Å². The minimum Gasteiger partial charge on any atom is -0.487 e. The highest BCUT2D eigenvalue weighted by atomic mass is 32.2. The number of nitrogens with one attached hydrogen (secondary N) is 2. The lowest BCUT2D eigenvalue weighted by Gasteiger charge is -2.51. The number of benzene rings is 2. The maximum Gasteiger partial charge on any atom is 0.248 e. The second kappa shape index (κ2) is 8.33. The molecule has 2 aliphatic heterocycles. The van der Waals surface area contributed by atoms with Crippen LogP contribution in [0, 0.1) is 11.8 Å². The van der Waals surface area contributed by atoms with Crippen molar-refractivity contribution >= 4 is 21.6 Å². The Morgan fingerprint density at radius 1 is 1.09 bits per heavy atom. The molecule has 2 atom stereocenters. The lowest BCUT2D eigenvalue weighted by molar-refractivity contribution is -0.0578. The fourth-order valence-corrected chi connectivity index (χ4v) is 6.59. The van der Waals surface area contributed by atoms with E-state index in [-0.39, 0.29) is 11.5 Å². The molecule has 0 aromatic heterocycles. The lowest BCUT2D eigenvalue weighted by atomic mass is 9.64. The van der Waals surface area contributed by atoms with Crippen LogP contribution in [0.3, 0.4) is 0 Å². The summed E-state index contributed by atoms with van der Waals surface area (Å²) in [5.74, 6) is 1.28. The summed E-state index contributed by atoms with van der Waals surface area (Å²) in [6.07, 6.45) is 6.87. The SMILES string of the molecule is CS(=O)(=O)Nc1ccc2c(c1)C[C@H](C1CCc3cc(C(N)=O)ccc3C1)C1(CCNCC1)O2. The molecule has 2 aromatic rings. The topological polar surface area (TPSA) is 111 Å². The molecule has 0 radical (unpaired) electrons. The lowest BCUT2D eigenvalue weighted by Crippen LogP contribution is -2.56. The third-order valence-corrected chi connectivity index (χ3v) is 8.18. The van der Waals surface area contributed by atoms with E-state index in [1.807, 2.05) is 24.3 Å². The van der Waals surface area contributed by atoms with Crippen LogP contribution in [0.25, 0.3) is 0 Å². The number of ether oxygens (including phenoxy) is 1. The van der Waals surface area contributed by atoms with Crippen molar-refractivity contribution in [1.29, 1.82) is 0 Å². The Morgan fingerprint density at radius 2 is 1.88 bits per heavy atom. The van der Waals surface area contributed by atoms with Crippen molar-refractivity contribution in [3.63, 3.8) is 0 Å². The zero-order chi connectivity index (χ0) is 23.2. The number of rotatable bonds is 4. The first-order valence-electron chi connectivity index (χ1n) is 11.6. The van der Waals surface area contributed by atoms with Crippen molar-refractivity contribution in [2.24, 2.45) is 17.6 Å². The van der Waals surface area contributed by atoms with Gasteiger partial charge in [-0.1, -0.05) is 6.07 Å². The summed E-state index contributed by atoms with van der Waals surface area (Å²) in [5, 5.41) is 3.47. The number of amides is 1. The second-order valence-corrected chi connectivity index (χ2v) is 11.5. The molecule has 3 aliphatic rings. The van der Waals surface area contributed by atoms with E-state index in [2.05, 4.69) is 16.1 Å². The Balaban J connectivity index is 1.46. The average Bonchev–Trinajstić information content (AvgIpc) is 2.77. The number of aryl methyl sites for hydroxylation is 1. The fourth-order valence-electron chi connectivity index (χ4n) is 6.03. The molecule has 0 saturated carbocycles. The Kier molecular flexibility index (Phi) is 5.61. The predicted octanol–water partition coefficient (Wildman–Crippen LogP) is 2.64. The molecule has 1 unspecified atom stereocenters. The molecule has 2 heterocycles. The van der Waals surface area contributed by atoms with E-state index in [1.165, 1.54) is 17.4 Å². The standard InChI is InChI=1S/C25H31N3O4S/c1-33(30,31)28-21-6-7-23-20(14-21)15-22(25(32-23)8-10-27-11-9-25)18-4-2-17-13-19(24(26)29)5-3-16(17)12-18/h3,5-7,13-14,18,22,27-28H,2,4,8-12,15H2,1H3,(H2,26,29)/t18?,22-/m1/s1. The van der Waals surface area contributed by atoms with Crippen LogP contribution in [0.1, 0.15) is 46.3 Å². The number of nitrogens with two attached hydrogens (primary N) is 1. The van der Waals surface area contributed by atoms with Gasteiger partial charge in [-0.05, 0) is 105 Å². The smallest absolute Gasteiger partial charge is 0.248 e. The van der Waals surface area contributed by atoms with Crippen LogP contribution in [0.15, 0.2) is 36.4 Å². The first-order chi connectivity index (χ1) is 15.7. The molecule has 1 amide bonds. The number of primary amides is 1. The summed E-state index contributed by atoms with van der Waals surface area (Å²) in [5.41, 5.74) is 9.99. The van der Waals surface area contributed by atoms with Crippen molar-refractivity contribution in [3.05, 3.63) is 58.7 Å². The quantitative estimate of drug-likeness (QED) is 0.638. The van der Waals surface area contributed by atoms with Crippen LogP contribution in [0.5, 0.6) is 5.75 Å². The van der Waals surface area contributed by atoms with Gasteiger partial charge in [0, 0.05) is 17.2 Å². The molecule has 4 N–H and O–H groups in total. The molecule has 2 aromatic carbocycles. The number of piperidine rings is 1.